The average Bonchev–Trinajstić information content (AvgIpc) is 2.84. The number of para-hydroxylation sites is 1. The third-order valence-corrected chi connectivity index (χ3v) is 3.38. The molecular weight excluding hydrogens is 278 g/mol. The van der Waals surface area contributed by atoms with Crippen LogP contribution >= 0.6 is 11.6 Å². The van der Waals surface area contributed by atoms with Crippen molar-refractivity contribution in [2.45, 2.75) is 5.88 Å². The maximum absolute atomic E-state index is 12.5. The topological polar surface area (TPSA) is 52.2 Å². The Hall–Kier alpha value is -2.33. The van der Waals surface area contributed by atoms with Gasteiger partial charge in [0.05, 0.1) is 10.9 Å². The molecule has 20 heavy (non-hydrogen) atoms. The van der Waals surface area contributed by atoms with Crippen LogP contribution in [0.25, 0.3) is 10.9 Å². The Morgan fingerprint density at radius 2 is 1.80 bits per heavy atom. The zero-order valence-electron chi connectivity index (χ0n) is 10.4. The molecular formula is C15H10ClNO3. The summed E-state index contributed by atoms with van der Waals surface area (Å²) in [4.78, 5) is 24.2. The van der Waals surface area contributed by atoms with Crippen LogP contribution in [0.1, 0.15) is 15.9 Å². The van der Waals surface area contributed by atoms with Crippen molar-refractivity contribution in [1.29, 1.82) is 0 Å². The number of carbonyl (C=O) groups is 1. The van der Waals surface area contributed by atoms with Crippen LogP contribution in [0.3, 0.4) is 0 Å². The molecule has 0 aliphatic heterocycles. The molecule has 100 valence electrons. The Morgan fingerprint density at radius 1 is 1.10 bits per heavy atom. The minimum absolute atomic E-state index is 0.214. The number of nitrogens with zero attached hydrogens (tertiary/aromatic N) is 1. The van der Waals surface area contributed by atoms with E-state index in [1.54, 1.807) is 48.5 Å². The van der Waals surface area contributed by atoms with Gasteiger partial charge in [0.25, 0.3) is 5.91 Å². The van der Waals surface area contributed by atoms with Gasteiger partial charge in [-0.2, -0.15) is 0 Å². The van der Waals surface area contributed by atoms with Gasteiger partial charge < -0.3 is 4.52 Å². The maximum Gasteiger partial charge on any atom is 0.366 e. The van der Waals surface area contributed by atoms with Crippen LogP contribution in [-0.2, 0) is 5.88 Å². The predicted molar refractivity (Wildman–Crippen MR) is 76.2 cm³/mol. The van der Waals surface area contributed by atoms with Crippen LogP contribution in [0.4, 0.5) is 0 Å². The molecule has 0 amide bonds. The highest BCUT2D eigenvalue weighted by Gasteiger charge is 2.18. The Kier molecular flexibility index (Phi) is 3.16. The molecule has 0 aliphatic carbocycles. The number of aromatic nitrogens is 1. The summed E-state index contributed by atoms with van der Waals surface area (Å²) < 4.78 is 6.07. The van der Waals surface area contributed by atoms with Gasteiger partial charge in [-0.15, -0.1) is 16.3 Å². The van der Waals surface area contributed by atoms with Gasteiger partial charge in [-0.25, -0.2) is 4.79 Å². The number of alkyl halides is 1. The first-order valence-electron chi connectivity index (χ1n) is 6.02. The Morgan fingerprint density at radius 3 is 2.60 bits per heavy atom. The van der Waals surface area contributed by atoms with Gasteiger partial charge in [0.15, 0.2) is 0 Å². The van der Waals surface area contributed by atoms with Crippen molar-refractivity contribution >= 4 is 28.4 Å². The van der Waals surface area contributed by atoms with Crippen molar-refractivity contribution in [2.75, 3.05) is 0 Å². The molecule has 1 aromatic heterocycles. The zero-order chi connectivity index (χ0) is 14.1. The molecule has 3 aromatic rings. The van der Waals surface area contributed by atoms with Crippen LogP contribution in [0.15, 0.2) is 57.8 Å². The van der Waals surface area contributed by atoms with Crippen LogP contribution in [0, 0.1) is 0 Å². The minimum atomic E-state index is -0.530. The summed E-state index contributed by atoms with van der Waals surface area (Å²) >= 11 is 5.83. The number of fused-ring (bicyclic) bond motifs is 1. The van der Waals surface area contributed by atoms with E-state index in [9.17, 15) is 9.59 Å². The largest absolute Gasteiger partial charge is 0.366 e. The molecule has 3 rings (SSSR count). The molecule has 0 fully saturated rings. The molecule has 0 saturated heterocycles. The van der Waals surface area contributed by atoms with Gasteiger partial charge in [-0.1, -0.05) is 30.3 Å². The second-order valence-corrected chi connectivity index (χ2v) is 4.55. The Bertz CT molecular complexity index is 847. The molecule has 0 unspecified atom stereocenters. The quantitative estimate of drug-likeness (QED) is 0.681. The number of carbonyl (C=O) groups excluding carboxylic acids is 1. The third kappa shape index (κ3) is 1.94. The van der Waals surface area contributed by atoms with Gasteiger partial charge in [0, 0.05) is 11.4 Å². The molecule has 0 bridgehead atoms. The molecule has 0 spiro atoms. The van der Waals surface area contributed by atoms with Crippen molar-refractivity contribution < 1.29 is 9.32 Å². The third-order valence-electron chi connectivity index (χ3n) is 3.09. The van der Waals surface area contributed by atoms with E-state index in [0.717, 1.165) is 4.74 Å². The summed E-state index contributed by atoms with van der Waals surface area (Å²) in [7, 11) is 0. The first kappa shape index (κ1) is 12.7. The molecule has 4 nitrogen and oxygen atoms in total. The van der Waals surface area contributed by atoms with Gasteiger partial charge in [-0.3, -0.25) is 4.79 Å². The maximum atomic E-state index is 12.5. The number of benzene rings is 2. The number of hydrogen-bond acceptors (Lipinski definition) is 3. The van der Waals surface area contributed by atoms with Crippen molar-refractivity contribution in [2.24, 2.45) is 0 Å². The lowest BCUT2D eigenvalue weighted by molar-refractivity contribution is 0.0849. The fraction of sp³-hybridized carbons (Fsp3) is 0.0667. The summed E-state index contributed by atoms with van der Waals surface area (Å²) in [5.41, 5.74) is 1.04. The van der Waals surface area contributed by atoms with Gasteiger partial charge in [0.2, 0.25) is 0 Å². The first-order valence-corrected chi connectivity index (χ1v) is 6.55. The van der Waals surface area contributed by atoms with Crippen molar-refractivity contribution in [1.82, 2.24) is 4.74 Å². The highest BCUT2D eigenvalue weighted by molar-refractivity contribution is 6.18. The molecule has 0 saturated carbocycles. The predicted octanol–water partition coefficient (Wildman–Crippen LogP) is 3.02. The zero-order valence-corrected chi connectivity index (χ0v) is 11.1. The van der Waals surface area contributed by atoms with E-state index >= 15 is 0 Å². The van der Waals surface area contributed by atoms with E-state index in [1.807, 2.05) is 0 Å². The fourth-order valence-electron chi connectivity index (χ4n) is 2.11. The second kappa shape index (κ2) is 4.98. The standard InChI is InChI=1S/C15H10ClNO3/c16-9-10-5-1-2-6-11(10)14(18)17-13-8-4-3-7-12(13)15(19)20-17/h1-8H,9H2. The van der Waals surface area contributed by atoms with E-state index in [-0.39, 0.29) is 5.88 Å². The van der Waals surface area contributed by atoms with Crippen LogP contribution in [0.5, 0.6) is 0 Å². The van der Waals surface area contributed by atoms with Gasteiger partial charge in [0.1, 0.15) is 0 Å². The summed E-state index contributed by atoms with van der Waals surface area (Å²) in [6.07, 6.45) is 0. The van der Waals surface area contributed by atoms with E-state index in [2.05, 4.69) is 0 Å². The summed E-state index contributed by atoms with van der Waals surface area (Å²) in [6.45, 7) is 0. The fourth-order valence-corrected chi connectivity index (χ4v) is 2.34. The van der Waals surface area contributed by atoms with E-state index in [1.165, 1.54) is 0 Å². The normalized spacial score (nSPS) is 10.8. The van der Waals surface area contributed by atoms with E-state index < -0.39 is 11.5 Å². The minimum Gasteiger partial charge on any atom is -0.327 e. The SMILES string of the molecule is O=C(c1ccccc1CCl)n1oc(=O)c2ccccc21. The molecule has 0 radical (unpaired) electrons. The molecule has 0 N–H and O–H groups in total. The Balaban J connectivity index is 2.21. The van der Waals surface area contributed by atoms with E-state index in [0.29, 0.717) is 22.0 Å². The average molecular weight is 288 g/mol. The van der Waals surface area contributed by atoms with Crippen LogP contribution < -0.4 is 5.63 Å². The summed E-state index contributed by atoms with van der Waals surface area (Å²) in [5.74, 6) is -0.190. The first-order chi connectivity index (χ1) is 9.72. The summed E-state index contributed by atoms with van der Waals surface area (Å²) in [5, 5.41) is 0.379. The van der Waals surface area contributed by atoms with Crippen LogP contribution in [-0.4, -0.2) is 10.6 Å². The van der Waals surface area contributed by atoms with Crippen LogP contribution in [0.2, 0.25) is 0 Å². The van der Waals surface area contributed by atoms with Gasteiger partial charge >= 0.3 is 5.63 Å². The van der Waals surface area contributed by atoms with Crippen molar-refractivity contribution in [3.05, 3.63) is 70.1 Å². The van der Waals surface area contributed by atoms with E-state index in [4.69, 9.17) is 16.1 Å². The second-order valence-electron chi connectivity index (χ2n) is 4.29. The smallest absolute Gasteiger partial charge is 0.327 e. The van der Waals surface area contributed by atoms with Gasteiger partial charge in [-0.05, 0) is 23.8 Å². The number of rotatable bonds is 2. The lowest BCUT2D eigenvalue weighted by Gasteiger charge is -2.05. The molecule has 1 heterocycles. The molecule has 0 aliphatic rings. The molecule has 2 aromatic carbocycles. The highest BCUT2D eigenvalue weighted by Crippen LogP contribution is 2.17. The van der Waals surface area contributed by atoms with Crippen molar-refractivity contribution in [3.8, 4) is 0 Å². The Labute approximate surface area is 119 Å². The lowest BCUT2D eigenvalue weighted by atomic mass is 10.1. The highest BCUT2D eigenvalue weighted by atomic mass is 35.5. The number of halogens is 1. The lowest BCUT2D eigenvalue weighted by Crippen LogP contribution is -2.13. The summed E-state index contributed by atoms with van der Waals surface area (Å²) in [6, 6.07) is 13.7. The van der Waals surface area contributed by atoms with Crippen molar-refractivity contribution in [3.63, 3.8) is 0 Å². The molecule has 0 atom stereocenters. The number of hydrogen-bond donors (Lipinski definition) is 0. The molecule has 5 heteroatoms. The monoisotopic (exact) mass is 287 g/mol.